The number of nitrogens with two attached hydrogens (primary N) is 1. The number of rotatable bonds is 3. The molecule has 1 fully saturated rings. The SMILES string of the molecule is Cl.Nc1nnc(-c2ccccc2O)cc1-c1cnn(C2CCCNC2)c1. The fraction of sp³-hybridized carbons (Fsp3) is 0.278. The molecule has 1 atom stereocenters. The third-order valence-corrected chi connectivity index (χ3v) is 4.56. The molecule has 0 bridgehead atoms. The van der Waals surface area contributed by atoms with E-state index in [0.717, 1.165) is 37.1 Å². The lowest BCUT2D eigenvalue weighted by Gasteiger charge is -2.22. The van der Waals surface area contributed by atoms with Crippen LogP contribution in [0.1, 0.15) is 18.9 Å². The van der Waals surface area contributed by atoms with E-state index in [-0.39, 0.29) is 18.2 Å². The molecule has 1 saturated heterocycles. The van der Waals surface area contributed by atoms with Crippen molar-refractivity contribution in [1.29, 1.82) is 0 Å². The highest BCUT2D eigenvalue weighted by Crippen LogP contribution is 2.32. The topological polar surface area (TPSA) is 102 Å². The zero-order valence-electron chi connectivity index (χ0n) is 14.2. The standard InChI is InChI=1S/C18H20N6O.ClH/c19-18-15(8-16(22-23-18)14-5-1-2-6-17(14)25)12-9-21-24(11-12)13-4-3-7-20-10-13;/h1-2,5-6,8-9,11,13,20,25H,3-4,7,10H2,(H2,19,23);1H. The van der Waals surface area contributed by atoms with Crippen LogP contribution in [-0.4, -0.2) is 38.2 Å². The zero-order valence-corrected chi connectivity index (χ0v) is 15.0. The zero-order chi connectivity index (χ0) is 17.2. The monoisotopic (exact) mass is 372 g/mol. The van der Waals surface area contributed by atoms with Crippen LogP contribution in [0.2, 0.25) is 0 Å². The minimum atomic E-state index is 0. The van der Waals surface area contributed by atoms with E-state index in [4.69, 9.17) is 5.73 Å². The first-order valence-corrected chi connectivity index (χ1v) is 8.39. The molecule has 0 saturated carbocycles. The molecule has 1 aromatic carbocycles. The number of piperidine rings is 1. The maximum atomic E-state index is 10.0. The average molecular weight is 373 g/mol. The summed E-state index contributed by atoms with van der Waals surface area (Å²) in [6.07, 6.45) is 6.06. The molecule has 1 unspecified atom stereocenters. The maximum absolute atomic E-state index is 10.0. The molecule has 4 rings (SSSR count). The lowest BCUT2D eigenvalue weighted by Crippen LogP contribution is -2.31. The van der Waals surface area contributed by atoms with E-state index in [1.165, 1.54) is 0 Å². The number of phenols is 1. The molecule has 136 valence electrons. The predicted octanol–water partition coefficient (Wildman–Crippen LogP) is 2.64. The molecule has 7 nitrogen and oxygen atoms in total. The van der Waals surface area contributed by atoms with Gasteiger partial charge < -0.3 is 16.2 Å². The van der Waals surface area contributed by atoms with Gasteiger partial charge in [-0.3, -0.25) is 4.68 Å². The Morgan fingerprint density at radius 3 is 2.81 bits per heavy atom. The fourth-order valence-electron chi connectivity index (χ4n) is 3.19. The number of anilines is 1. The number of nitrogen functional groups attached to an aromatic ring is 1. The number of hydrogen-bond donors (Lipinski definition) is 3. The molecule has 8 heteroatoms. The minimum Gasteiger partial charge on any atom is -0.507 e. The van der Waals surface area contributed by atoms with Gasteiger partial charge in [-0.05, 0) is 37.6 Å². The van der Waals surface area contributed by atoms with Crippen molar-refractivity contribution in [3.05, 3.63) is 42.7 Å². The predicted molar refractivity (Wildman–Crippen MR) is 103 cm³/mol. The summed E-state index contributed by atoms with van der Waals surface area (Å²) < 4.78 is 1.99. The summed E-state index contributed by atoms with van der Waals surface area (Å²) in [6.45, 7) is 1.99. The first-order chi connectivity index (χ1) is 12.2. The van der Waals surface area contributed by atoms with E-state index in [1.54, 1.807) is 24.4 Å². The number of aromatic nitrogens is 4. The van der Waals surface area contributed by atoms with Crippen molar-refractivity contribution >= 4 is 18.2 Å². The Bertz CT molecular complexity index is 891. The smallest absolute Gasteiger partial charge is 0.154 e. The number of hydrogen-bond acceptors (Lipinski definition) is 6. The normalized spacial score (nSPS) is 16.8. The van der Waals surface area contributed by atoms with Crippen LogP contribution in [0.3, 0.4) is 0 Å². The number of phenolic OH excluding ortho intramolecular Hbond substituents is 1. The number of para-hydroxylation sites is 1. The molecule has 4 N–H and O–H groups in total. The molecule has 0 spiro atoms. The van der Waals surface area contributed by atoms with Gasteiger partial charge in [0.25, 0.3) is 0 Å². The summed E-state index contributed by atoms with van der Waals surface area (Å²) in [5.74, 6) is 0.511. The highest BCUT2D eigenvalue weighted by molar-refractivity contribution is 5.85. The maximum Gasteiger partial charge on any atom is 0.154 e. The third-order valence-electron chi connectivity index (χ3n) is 4.56. The van der Waals surface area contributed by atoms with E-state index < -0.39 is 0 Å². The number of halogens is 1. The van der Waals surface area contributed by atoms with E-state index in [2.05, 4.69) is 20.6 Å². The summed E-state index contributed by atoms with van der Waals surface area (Å²) in [4.78, 5) is 0. The van der Waals surface area contributed by atoms with E-state index in [1.807, 2.05) is 23.0 Å². The van der Waals surface area contributed by atoms with Crippen LogP contribution in [0.25, 0.3) is 22.4 Å². The molecule has 2 aromatic heterocycles. The van der Waals surface area contributed by atoms with Gasteiger partial charge in [0.1, 0.15) is 5.75 Å². The van der Waals surface area contributed by atoms with Crippen LogP contribution in [0.15, 0.2) is 42.7 Å². The Kier molecular flexibility index (Phi) is 5.39. The van der Waals surface area contributed by atoms with Gasteiger partial charge in [0.2, 0.25) is 0 Å². The van der Waals surface area contributed by atoms with Crippen molar-refractivity contribution in [3.63, 3.8) is 0 Å². The number of nitrogens with zero attached hydrogens (tertiary/aromatic N) is 4. The molecule has 1 aliphatic rings. The number of aromatic hydroxyl groups is 1. The van der Waals surface area contributed by atoms with Crippen LogP contribution in [-0.2, 0) is 0 Å². The molecule has 26 heavy (non-hydrogen) atoms. The highest BCUT2D eigenvalue weighted by Gasteiger charge is 2.17. The Hall–Kier alpha value is -2.64. The quantitative estimate of drug-likeness (QED) is 0.653. The fourth-order valence-corrected chi connectivity index (χ4v) is 3.19. The van der Waals surface area contributed by atoms with E-state index >= 15 is 0 Å². The molecule has 0 radical (unpaired) electrons. The number of nitrogens with one attached hydrogen (secondary N) is 1. The summed E-state index contributed by atoms with van der Waals surface area (Å²) >= 11 is 0. The molecule has 3 heterocycles. The summed E-state index contributed by atoms with van der Waals surface area (Å²) in [7, 11) is 0. The molecule has 1 aliphatic heterocycles. The van der Waals surface area contributed by atoms with Crippen molar-refractivity contribution in [2.75, 3.05) is 18.8 Å². The van der Waals surface area contributed by atoms with Crippen LogP contribution in [0, 0.1) is 0 Å². The van der Waals surface area contributed by atoms with E-state index in [0.29, 0.717) is 23.1 Å². The van der Waals surface area contributed by atoms with E-state index in [9.17, 15) is 5.11 Å². The van der Waals surface area contributed by atoms with Crippen molar-refractivity contribution in [2.24, 2.45) is 0 Å². The Labute approximate surface area is 157 Å². The van der Waals surface area contributed by atoms with Gasteiger partial charge in [0.15, 0.2) is 5.82 Å². The Balaban J connectivity index is 0.00000196. The Morgan fingerprint density at radius 2 is 2.04 bits per heavy atom. The van der Waals surface area contributed by atoms with Crippen LogP contribution in [0.4, 0.5) is 5.82 Å². The van der Waals surface area contributed by atoms with Gasteiger partial charge >= 0.3 is 0 Å². The molecule has 0 amide bonds. The number of benzene rings is 1. The highest BCUT2D eigenvalue weighted by atomic mass is 35.5. The van der Waals surface area contributed by atoms with Crippen molar-refractivity contribution < 1.29 is 5.11 Å². The first-order valence-electron chi connectivity index (χ1n) is 8.39. The van der Waals surface area contributed by atoms with Crippen molar-refractivity contribution in [1.82, 2.24) is 25.3 Å². The lowest BCUT2D eigenvalue weighted by atomic mass is 10.1. The minimum absolute atomic E-state index is 0. The van der Waals surface area contributed by atoms with Crippen molar-refractivity contribution in [3.8, 4) is 28.1 Å². The first kappa shape index (κ1) is 18.2. The molecule has 0 aliphatic carbocycles. The second-order valence-electron chi connectivity index (χ2n) is 6.25. The third kappa shape index (κ3) is 3.49. The summed E-state index contributed by atoms with van der Waals surface area (Å²) in [5, 5.41) is 26.1. The second-order valence-corrected chi connectivity index (χ2v) is 6.25. The molecular weight excluding hydrogens is 352 g/mol. The van der Waals surface area contributed by atoms with Gasteiger partial charge in [-0.15, -0.1) is 22.6 Å². The Morgan fingerprint density at radius 1 is 1.19 bits per heavy atom. The van der Waals surface area contributed by atoms with Gasteiger partial charge in [-0.2, -0.15) is 5.10 Å². The summed E-state index contributed by atoms with van der Waals surface area (Å²) in [6, 6.07) is 9.25. The largest absolute Gasteiger partial charge is 0.507 e. The van der Waals surface area contributed by atoms with Crippen LogP contribution in [0.5, 0.6) is 5.75 Å². The summed E-state index contributed by atoms with van der Waals surface area (Å²) in [5.41, 5.74) is 8.91. The average Bonchev–Trinajstić information content (AvgIpc) is 3.13. The second kappa shape index (κ2) is 7.72. The van der Waals surface area contributed by atoms with Crippen LogP contribution >= 0.6 is 12.4 Å². The van der Waals surface area contributed by atoms with Gasteiger partial charge in [-0.25, -0.2) is 0 Å². The van der Waals surface area contributed by atoms with Crippen molar-refractivity contribution in [2.45, 2.75) is 18.9 Å². The molecule has 3 aromatic rings. The van der Waals surface area contributed by atoms with Gasteiger partial charge in [0, 0.05) is 29.4 Å². The molecular formula is C18H21ClN6O. The lowest BCUT2D eigenvalue weighted by molar-refractivity contribution is 0.347. The van der Waals surface area contributed by atoms with Gasteiger partial charge in [-0.1, -0.05) is 12.1 Å². The van der Waals surface area contributed by atoms with Crippen LogP contribution < -0.4 is 11.1 Å². The van der Waals surface area contributed by atoms with Gasteiger partial charge in [0.05, 0.1) is 17.9 Å².